The van der Waals surface area contributed by atoms with E-state index in [1.807, 2.05) is 0 Å². The molecule has 1 heterocycles. The predicted octanol–water partition coefficient (Wildman–Crippen LogP) is 1.93. The molecule has 0 amide bonds. The number of hydrogen-bond donors (Lipinski definition) is 2. The lowest BCUT2D eigenvalue weighted by molar-refractivity contribution is 0.171. The minimum atomic E-state index is -4.02. The summed E-state index contributed by atoms with van der Waals surface area (Å²) in [5, 5.41) is 0. The molecule has 26 heavy (non-hydrogen) atoms. The van der Waals surface area contributed by atoms with Crippen LogP contribution in [-0.4, -0.2) is 37.1 Å². The van der Waals surface area contributed by atoms with Gasteiger partial charge in [-0.3, -0.25) is 4.72 Å². The van der Waals surface area contributed by atoms with Gasteiger partial charge in [0.05, 0.1) is 15.5 Å². The maximum atomic E-state index is 12.7. The summed E-state index contributed by atoms with van der Waals surface area (Å²) < 4.78 is 65.0. The van der Waals surface area contributed by atoms with E-state index in [2.05, 4.69) is 25.4 Å². The summed E-state index contributed by atoms with van der Waals surface area (Å²) in [6.07, 6.45) is 0. The molecule has 0 saturated heterocycles. The lowest BCUT2D eigenvalue weighted by atomic mass is 10.2. The van der Waals surface area contributed by atoms with Gasteiger partial charge in [-0.05, 0) is 41.2 Å². The molecule has 2 N–H and O–H groups in total. The van der Waals surface area contributed by atoms with E-state index in [4.69, 9.17) is 9.47 Å². The quantitative estimate of drug-likeness (QED) is 0.701. The Morgan fingerprint density at radius 2 is 1.50 bits per heavy atom. The highest BCUT2D eigenvalue weighted by molar-refractivity contribution is 9.10. The van der Waals surface area contributed by atoms with Crippen molar-refractivity contribution in [3.8, 4) is 11.5 Å². The standard InChI is InChI=1S/C15H15BrN2O6S2/c1-17-25(19,20)10-3-2-4-11(7-10)26(21,22)18-13-9-15-14(8-12(13)16)23-5-6-24-15/h2-4,7-9,17-18H,5-6H2,1H3. The van der Waals surface area contributed by atoms with Crippen LogP contribution in [0.1, 0.15) is 0 Å². The number of benzene rings is 2. The van der Waals surface area contributed by atoms with Crippen LogP contribution in [0.4, 0.5) is 5.69 Å². The molecule has 140 valence electrons. The summed E-state index contributed by atoms with van der Waals surface area (Å²) in [5.41, 5.74) is 0.246. The highest BCUT2D eigenvalue weighted by atomic mass is 79.9. The highest BCUT2D eigenvalue weighted by Crippen LogP contribution is 2.38. The van der Waals surface area contributed by atoms with Crippen molar-refractivity contribution in [2.75, 3.05) is 25.0 Å². The van der Waals surface area contributed by atoms with Crippen LogP contribution in [0, 0.1) is 0 Å². The minimum Gasteiger partial charge on any atom is -0.486 e. The van der Waals surface area contributed by atoms with E-state index >= 15 is 0 Å². The summed E-state index contributed by atoms with van der Waals surface area (Å²) in [7, 11) is -6.53. The van der Waals surface area contributed by atoms with Crippen molar-refractivity contribution >= 4 is 41.7 Å². The molecule has 0 atom stereocenters. The third kappa shape index (κ3) is 3.80. The van der Waals surface area contributed by atoms with Gasteiger partial charge in [0, 0.05) is 16.6 Å². The largest absolute Gasteiger partial charge is 0.486 e. The Morgan fingerprint density at radius 1 is 0.923 bits per heavy atom. The Bertz CT molecular complexity index is 1050. The topological polar surface area (TPSA) is 111 Å². The van der Waals surface area contributed by atoms with E-state index in [1.165, 1.54) is 31.3 Å². The van der Waals surface area contributed by atoms with Crippen LogP contribution in [0.25, 0.3) is 0 Å². The Morgan fingerprint density at radius 3 is 2.12 bits per heavy atom. The number of rotatable bonds is 5. The van der Waals surface area contributed by atoms with Gasteiger partial charge in [-0.25, -0.2) is 21.6 Å². The van der Waals surface area contributed by atoms with E-state index in [0.717, 1.165) is 6.07 Å². The molecule has 2 aromatic carbocycles. The number of ether oxygens (including phenoxy) is 2. The summed E-state index contributed by atoms with van der Waals surface area (Å²) in [4.78, 5) is -0.334. The number of hydrogen-bond acceptors (Lipinski definition) is 6. The van der Waals surface area contributed by atoms with Crippen LogP contribution >= 0.6 is 15.9 Å². The normalized spacial score (nSPS) is 14.1. The van der Waals surface area contributed by atoms with Gasteiger partial charge >= 0.3 is 0 Å². The van der Waals surface area contributed by atoms with Crippen molar-refractivity contribution in [3.05, 3.63) is 40.9 Å². The maximum Gasteiger partial charge on any atom is 0.261 e. The van der Waals surface area contributed by atoms with Crippen molar-refractivity contribution in [1.29, 1.82) is 0 Å². The fourth-order valence-electron chi connectivity index (χ4n) is 2.27. The zero-order chi connectivity index (χ0) is 18.9. The lowest BCUT2D eigenvalue weighted by Gasteiger charge is -2.20. The SMILES string of the molecule is CNS(=O)(=O)c1cccc(S(=O)(=O)Nc2cc3c(cc2Br)OCCO3)c1. The first-order valence-corrected chi connectivity index (χ1v) is 11.1. The number of fused-ring (bicyclic) bond motifs is 1. The Kier molecular flexibility index (Phi) is 5.15. The molecule has 0 aliphatic carbocycles. The number of anilines is 1. The monoisotopic (exact) mass is 462 g/mol. The lowest BCUT2D eigenvalue weighted by Crippen LogP contribution is -2.20. The Labute approximate surface area is 159 Å². The molecule has 11 heteroatoms. The van der Waals surface area contributed by atoms with Gasteiger partial charge in [-0.2, -0.15) is 0 Å². The predicted molar refractivity (Wildman–Crippen MR) is 98.6 cm³/mol. The van der Waals surface area contributed by atoms with Gasteiger partial charge in [-0.15, -0.1) is 0 Å². The van der Waals surface area contributed by atoms with Gasteiger partial charge < -0.3 is 9.47 Å². The molecule has 0 spiro atoms. The zero-order valence-electron chi connectivity index (χ0n) is 13.5. The van der Waals surface area contributed by atoms with Crippen molar-refractivity contribution < 1.29 is 26.3 Å². The molecule has 3 rings (SSSR count). The van der Waals surface area contributed by atoms with Crippen LogP contribution in [0.5, 0.6) is 11.5 Å². The van der Waals surface area contributed by atoms with Crippen molar-refractivity contribution in [3.63, 3.8) is 0 Å². The van der Waals surface area contributed by atoms with E-state index in [9.17, 15) is 16.8 Å². The smallest absolute Gasteiger partial charge is 0.261 e. The van der Waals surface area contributed by atoms with E-state index in [-0.39, 0.29) is 15.5 Å². The Balaban J connectivity index is 1.96. The maximum absolute atomic E-state index is 12.7. The number of sulfonamides is 2. The van der Waals surface area contributed by atoms with Gasteiger partial charge in [0.25, 0.3) is 10.0 Å². The average Bonchev–Trinajstić information content (AvgIpc) is 2.62. The second kappa shape index (κ2) is 7.06. The van der Waals surface area contributed by atoms with E-state index in [1.54, 1.807) is 6.07 Å². The van der Waals surface area contributed by atoms with E-state index < -0.39 is 20.0 Å². The molecule has 0 aromatic heterocycles. The highest BCUT2D eigenvalue weighted by Gasteiger charge is 2.22. The fraction of sp³-hybridized carbons (Fsp3) is 0.200. The third-order valence-corrected chi connectivity index (χ3v) is 7.00. The van der Waals surface area contributed by atoms with Crippen molar-refractivity contribution in [2.24, 2.45) is 0 Å². The second-order valence-electron chi connectivity index (χ2n) is 5.26. The molecule has 0 unspecified atom stereocenters. The molecular formula is C15H15BrN2O6S2. The van der Waals surface area contributed by atoms with Crippen LogP contribution in [-0.2, 0) is 20.0 Å². The molecule has 1 aliphatic rings. The molecule has 0 radical (unpaired) electrons. The molecular weight excluding hydrogens is 448 g/mol. The van der Waals surface area contributed by atoms with Gasteiger partial charge in [0.1, 0.15) is 13.2 Å². The number of nitrogens with one attached hydrogen (secondary N) is 2. The van der Waals surface area contributed by atoms with E-state index in [0.29, 0.717) is 29.2 Å². The molecule has 0 fully saturated rings. The van der Waals surface area contributed by atoms with Crippen LogP contribution in [0.15, 0.2) is 50.7 Å². The van der Waals surface area contributed by atoms with Crippen LogP contribution in [0.3, 0.4) is 0 Å². The third-order valence-electron chi connectivity index (χ3n) is 3.57. The first-order chi connectivity index (χ1) is 12.2. The second-order valence-corrected chi connectivity index (χ2v) is 9.69. The molecule has 0 bridgehead atoms. The molecule has 2 aromatic rings. The zero-order valence-corrected chi connectivity index (χ0v) is 16.7. The first-order valence-electron chi connectivity index (χ1n) is 7.38. The Hall–Kier alpha value is -1.82. The van der Waals surface area contributed by atoms with Gasteiger partial charge in [-0.1, -0.05) is 6.07 Å². The summed E-state index contributed by atoms with van der Waals surface area (Å²) in [6.45, 7) is 0.780. The molecule has 0 saturated carbocycles. The van der Waals surface area contributed by atoms with Crippen molar-refractivity contribution in [2.45, 2.75) is 9.79 Å². The van der Waals surface area contributed by atoms with Crippen molar-refractivity contribution in [1.82, 2.24) is 4.72 Å². The first kappa shape index (κ1) is 19.0. The summed E-state index contributed by atoms with van der Waals surface area (Å²) in [6, 6.07) is 8.17. The van der Waals surface area contributed by atoms with Gasteiger partial charge in [0.15, 0.2) is 11.5 Å². The summed E-state index contributed by atoms with van der Waals surface area (Å²) >= 11 is 3.29. The average molecular weight is 463 g/mol. The fourth-order valence-corrected chi connectivity index (χ4v) is 4.79. The molecule has 8 nitrogen and oxygen atoms in total. The molecule has 1 aliphatic heterocycles. The van der Waals surface area contributed by atoms with Crippen LogP contribution < -0.4 is 18.9 Å². The minimum absolute atomic E-state index is 0.149. The number of halogens is 1. The van der Waals surface area contributed by atoms with Crippen LogP contribution in [0.2, 0.25) is 0 Å². The van der Waals surface area contributed by atoms with Gasteiger partial charge in [0.2, 0.25) is 10.0 Å². The summed E-state index contributed by atoms with van der Waals surface area (Å²) in [5.74, 6) is 0.928.